The summed E-state index contributed by atoms with van der Waals surface area (Å²) in [6, 6.07) is 3.99. The molecule has 1 aliphatic heterocycles. The molecule has 0 spiro atoms. The molecule has 3 N–H and O–H groups in total. The van der Waals surface area contributed by atoms with E-state index in [4.69, 9.17) is 15.6 Å². The molecule has 0 amide bonds. The highest BCUT2D eigenvalue weighted by atomic mass is 79.9. The summed E-state index contributed by atoms with van der Waals surface area (Å²) in [5, 5.41) is 9.14. The number of aryl methyl sites for hydroxylation is 1. The molecule has 1 heterocycles. The van der Waals surface area contributed by atoms with Crippen molar-refractivity contribution in [2.45, 2.75) is 13.0 Å². The summed E-state index contributed by atoms with van der Waals surface area (Å²) in [5.74, 6) is 0. The molecular formula is C12H17BrN2O2. The third-order valence-electron chi connectivity index (χ3n) is 3.02. The van der Waals surface area contributed by atoms with E-state index in [2.05, 4.69) is 26.9 Å². The lowest BCUT2D eigenvalue weighted by Gasteiger charge is -2.34. The number of hydrogen-bond acceptors (Lipinski definition) is 4. The number of nitrogens with zero attached hydrogens (tertiary/aromatic N) is 1. The lowest BCUT2D eigenvalue weighted by atomic mass is 10.1. The highest BCUT2D eigenvalue weighted by molar-refractivity contribution is 9.10. The maximum atomic E-state index is 9.14. The largest absolute Gasteiger partial charge is 0.398 e. The number of halogens is 1. The van der Waals surface area contributed by atoms with Crippen molar-refractivity contribution in [2.24, 2.45) is 0 Å². The Morgan fingerprint density at radius 2 is 2.35 bits per heavy atom. The van der Waals surface area contributed by atoms with E-state index in [1.807, 2.05) is 13.0 Å². The van der Waals surface area contributed by atoms with Crippen molar-refractivity contribution in [3.8, 4) is 0 Å². The Hall–Kier alpha value is -0.780. The molecule has 0 bridgehead atoms. The summed E-state index contributed by atoms with van der Waals surface area (Å²) < 4.78 is 6.43. The number of nitrogen functional groups attached to an aromatic ring is 1. The quantitative estimate of drug-likeness (QED) is 0.814. The Morgan fingerprint density at radius 1 is 1.59 bits per heavy atom. The average Bonchev–Trinajstić information content (AvgIpc) is 2.34. The van der Waals surface area contributed by atoms with Gasteiger partial charge in [0.1, 0.15) is 0 Å². The summed E-state index contributed by atoms with van der Waals surface area (Å²) in [6.45, 7) is 4.23. The van der Waals surface area contributed by atoms with Crippen LogP contribution in [0.25, 0.3) is 0 Å². The van der Waals surface area contributed by atoms with Crippen LogP contribution in [0, 0.1) is 6.92 Å². The predicted molar refractivity (Wildman–Crippen MR) is 72.3 cm³/mol. The Morgan fingerprint density at radius 3 is 3.06 bits per heavy atom. The SMILES string of the molecule is Cc1cc(N2CCOC(CO)C2)c(Br)cc1N. The minimum absolute atomic E-state index is 0.0576. The first-order valence-corrected chi connectivity index (χ1v) is 6.44. The monoisotopic (exact) mass is 300 g/mol. The van der Waals surface area contributed by atoms with Crippen LogP contribution >= 0.6 is 15.9 Å². The van der Waals surface area contributed by atoms with Gasteiger partial charge in [-0.2, -0.15) is 0 Å². The van der Waals surface area contributed by atoms with Gasteiger partial charge in [-0.25, -0.2) is 0 Å². The zero-order valence-electron chi connectivity index (χ0n) is 9.82. The third-order valence-corrected chi connectivity index (χ3v) is 3.65. The van der Waals surface area contributed by atoms with Crippen LogP contribution in [0.1, 0.15) is 5.56 Å². The van der Waals surface area contributed by atoms with Crippen molar-refractivity contribution in [1.29, 1.82) is 0 Å². The maximum Gasteiger partial charge on any atom is 0.0980 e. The highest BCUT2D eigenvalue weighted by Gasteiger charge is 2.21. The lowest BCUT2D eigenvalue weighted by molar-refractivity contribution is 0.00353. The molecule has 1 saturated heterocycles. The molecule has 1 aromatic carbocycles. The van der Waals surface area contributed by atoms with Crippen LogP contribution in [0.3, 0.4) is 0 Å². The summed E-state index contributed by atoms with van der Waals surface area (Å²) >= 11 is 3.53. The summed E-state index contributed by atoms with van der Waals surface area (Å²) in [5.41, 5.74) is 8.82. The number of hydrogen-bond donors (Lipinski definition) is 2. The van der Waals surface area contributed by atoms with Crippen molar-refractivity contribution >= 4 is 27.3 Å². The molecule has 2 rings (SSSR count). The van der Waals surface area contributed by atoms with E-state index in [1.165, 1.54) is 0 Å². The van der Waals surface area contributed by atoms with Gasteiger partial charge in [-0.15, -0.1) is 0 Å². The molecule has 1 aliphatic rings. The van der Waals surface area contributed by atoms with E-state index in [1.54, 1.807) is 0 Å². The zero-order valence-corrected chi connectivity index (χ0v) is 11.4. The Kier molecular flexibility index (Phi) is 3.91. The van der Waals surface area contributed by atoms with Crippen molar-refractivity contribution in [3.63, 3.8) is 0 Å². The Balaban J connectivity index is 2.24. The summed E-state index contributed by atoms with van der Waals surface area (Å²) in [7, 11) is 0. The number of ether oxygens (including phenoxy) is 1. The fourth-order valence-electron chi connectivity index (χ4n) is 1.97. The second kappa shape index (κ2) is 5.25. The number of aliphatic hydroxyl groups excluding tert-OH is 1. The van der Waals surface area contributed by atoms with Crippen molar-refractivity contribution in [3.05, 3.63) is 22.2 Å². The number of aliphatic hydroxyl groups is 1. The normalized spacial score (nSPS) is 20.6. The van der Waals surface area contributed by atoms with Gasteiger partial charge in [-0.3, -0.25) is 0 Å². The van der Waals surface area contributed by atoms with Crippen LogP contribution in [0.15, 0.2) is 16.6 Å². The third kappa shape index (κ3) is 2.73. The van der Waals surface area contributed by atoms with Gasteiger partial charge >= 0.3 is 0 Å². The number of benzene rings is 1. The van der Waals surface area contributed by atoms with Gasteiger partial charge < -0.3 is 20.5 Å². The van der Waals surface area contributed by atoms with E-state index < -0.39 is 0 Å². The second-order valence-electron chi connectivity index (χ2n) is 4.28. The van der Waals surface area contributed by atoms with Crippen molar-refractivity contribution in [2.75, 3.05) is 36.9 Å². The molecular weight excluding hydrogens is 284 g/mol. The molecule has 0 saturated carbocycles. The van der Waals surface area contributed by atoms with Crippen LogP contribution in [0.2, 0.25) is 0 Å². The lowest BCUT2D eigenvalue weighted by Crippen LogP contribution is -2.44. The van der Waals surface area contributed by atoms with E-state index in [9.17, 15) is 0 Å². The Labute approximate surface area is 109 Å². The molecule has 5 heteroatoms. The standard InChI is InChI=1S/C12H17BrN2O2/c1-8-4-12(10(13)5-11(8)14)15-2-3-17-9(6-15)7-16/h4-5,9,16H,2-3,6-7,14H2,1H3. The van der Waals surface area contributed by atoms with Crippen LogP contribution in [-0.2, 0) is 4.74 Å². The fourth-order valence-corrected chi connectivity index (χ4v) is 2.58. The van der Waals surface area contributed by atoms with Gasteiger partial charge in [-0.1, -0.05) is 0 Å². The van der Waals surface area contributed by atoms with Crippen LogP contribution in [0.5, 0.6) is 0 Å². The van der Waals surface area contributed by atoms with Gasteiger partial charge in [0.2, 0.25) is 0 Å². The van der Waals surface area contributed by atoms with Gasteiger partial charge in [0.05, 0.1) is 25.0 Å². The smallest absolute Gasteiger partial charge is 0.0980 e. The first-order chi connectivity index (χ1) is 8.11. The molecule has 1 aromatic rings. The minimum Gasteiger partial charge on any atom is -0.398 e. The predicted octanol–water partition coefficient (Wildman–Crippen LogP) is 1.54. The minimum atomic E-state index is -0.103. The van der Waals surface area contributed by atoms with Gasteiger partial charge in [-0.05, 0) is 40.5 Å². The molecule has 94 valence electrons. The number of nitrogens with two attached hydrogens (primary N) is 1. The van der Waals surface area contributed by atoms with Crippen LogP contribution in [0.4, 0.5) is 11.4 Å². The van der Waals surface area contributed by atoms with Crippen LogP contribution < -0.4 is 10.6 Å². The number of rotatable bonds is 2. The topological polar surface area (TPSA) is 58.7 Å². The molecule has 1 unspecified atom stereocenters. The van der Waals surface area contributed by atoms with Gasteiger partial charge in [0, 0.05) is 23.2 Å². The maximum absolute atomic E-state index is 9.14. The highest BCUT2D eigenvalue weighted by Crippen LogP contribution is 2.31. The van der Waals surface area contributed by atoms with E-state index in [0.717, 1.165) is 28.0 Å². The fraction of sp³-hybridized carbons (Fsp3) is 0.500. The molecule has 1 fully saturated rings. The number of morpholine rings is 1. The molecule has 17 heavy (non-hydrogen) atoms. The van der Waals surface area contributed by atoms with Crippen molar-refractivity contribution in [1.82, 2.24) is 0 Å². The van der Waals surface area contributed by atoms with E-state index in [0.29, 0.717) is 13.2 Å². The first kappa shape index (κ1) is 12.7. The van der Waals surface area contributed by atoms with Gasteiger partial charge in [0.15, 0.2) is 0 Å². The molecule has 1 atom stereocenters. The first-order valence-electron chi connectivity index (χ1n) is 5.65. The molecule has 0 radical (unpaired) electrons. The number of anilines is 2. The van der Waals surface area contributed by atoms with E-state index >= 15 is 0 Å². The van der Waals surface area contributed by atoms with Crippen LogP contribution in [-0.4, -0.2) is 37.5 Å². The molecule has 0 aromatic heterocycles. The van der Waals surface area contributed by atoms with Crippen molar-refractivity contribution < 1.29 is 9.84 Å². The average molecular weight is 301 g/mol. The zero-order chi connectivity index (χ0) is 12.4. The van der Waals surface area contributed by atoms with E-state index in [-0.39, 0.29) is 12.7 Å². The summed E-state index contributed by atoms with van der Waals surface area (Å²) in [6.07, 6.45) is -0.103. The van der Waals surface area contributed by atoms with Gasteiger partial charge in [0.25, 0.3) is 0 Å². The Bertz CT molecular complexity index is 412. The molecule has 4 nitrogen and oxygen atoms in total. The second-order valence-corrected chi connectivity index (χ2v) is 5.14. The molecule has 0 aliphatic carbocycles. The summed E-state index contributed by atoms with van der Waals surface area (Å²) in [4.78, 5) is 2.21.